The SMILES string of the molecule is NC(=O)C(NC(=O)c1csc(-c2ccc(Cl)cc2)n1)c1ccccc1. The summed E-state index contributed by atoms with van der Waals surface area (Å²) in [6.07, 6.45) is 0. The average molecular weight is 372 g/mol. The second-order valence-corrected chi connectivity index (χ2v) is 6.56. The number of carbonyl (C=O) groups is 2. The molecule has 0 bridgehead atoms. The molecule has 0 aliphatic carbocycles. The Morgan fingerprint density at radius 2 is 1.76 bits per heavy atom. The van der Waals surface area contributed by atoms with E-state index in [0.717, 1.165) is 5.56 Å². The molecule has 0 spiro atoms. The molecule has 0 fully saturated rings. The number of halogens is 1. The van der Waals surface area contributed by atoms with E-state index in [-0.39, 0.29) is 5.69 Å². The van der Waals surface area contributed by atoms with E-state index in [2.05, 4.69) is 10.3 Å². The number of hydrogen-bond donors (Lipinski definition) is 2. The van der Waals surface area contributed by atoms with Crippen LogP contribution in [0.25, 0.3) is 10.6 Å². The van der Waals surface area contributed by atoms with Crippen molar-refractivity contribution in [3.8, 4) is 10.6 Å². The summed E-state index contributed by atoms with van der Waals surface area (Å²) >= 11 is 7.21. The van der Waals surface area contributed by atoms with Gasteiger partial charge in [0.15, 0.2) is 0 Å². The maximum absolute atomic E-state index is 12.4. The van der Waals surface area contributed by atoms with Crippen molar-refractivity contribution >= 4 is 34.8 Å². The van der Waals surface area contributed by atoms with Gasteiger partial charge in [-0.1, -0.05) is 54.1 Å². The molecule has 0 saturated heterocycles. The molecule has 5 nitrogen and oxygen atoms in total. The number of primary amides is 1. The van der Waals surface area contributed by atoms with E-state index >= 15 is 0 Å². The Kier molecular flexibility index (Phi) is 5.11. The standard InChI is InChI=1S/C18H14ClN3O2S/c19-13-8-6-12(7-9-13)18-21-14(10-25-18)17(24)22-15(16(20)23)11-4-2-1-3-5-11/h1-10,15H,(H2,20,23)(H,22,24). The first kappa shape index (κ1) is 17.1. The number of nitrogens with zero attached hydrogens (tertiary/aromatic N) is 1. The lowest BCUT2D eigenvalue weighted by molar-refractivity contribution is -0.120. The van der Waals surface area contributed by atoms with Gasteiger partial charge >= 0.3 is 0 Å². The molecule has 1 unspecified atom stereocenters. The fourth-order valence-corrected chi connectivity index (χ4v) is 3.20. The summed E-state index contributed by atoms with van der Waals surface area (Å²) in [5.74, 6) is -1.09. The Hall–Kier alpha value is -2.70. The third-order valence-corrected chi connectivity index (χ3v) is 4.66. The zero-order valence-corrected chi connectivity index (χ0v) is 14.6. The van der Waals surface area contributed by atoms with Crippen LogP contribution >= 0.6 is 22.9 Å². The van der Waals surface area contributed by atoms with Crippen molar-refractivity contribution in [1.82, 2.24) is 10.3 Å². The quantitative estimate of drug-likeness (QED) is 0.720. The Labute approximate surface area is 153 Å². The zero-order chi connectivity index (χ0) is 17.8. The van der Waals surface area contributed by atoms with Gasteiger partial charge in [-0.2, -0.15) is 0 Å². The highest BCUT2D eigenvalue weighted by Gasteiger charge is 2.22. The van der Waals surface area contributed by atoms with Crippen LogP contribution in [0.1, 0.15) is 22.1 Å². The number of hydrogen-bond acceptors (Lipinski definition) is 4. The highest BCUT2D eigenvalue weighted by Crippen LogP contribution is 2.25. The second-order valence-electron chi connectivity index (χ2n) is 5.26. The summed E-state index contributed by atoms with van der Waals surface area (Å²) in [7, 11) is 0. The molecular formula is C18H14ClN3O2S. The second kappa shape index (κ2) is 7.46. The van der Waals surface area contributed by atoms with Gasteiger partial charge in [-0.3, -0.25) is 9.59 Å². The number of nitrogens with two attached hydrogens (primary N) is 1. The molecule has 1 atom stereocenters. The van der Waals surface area contributed by atoms with Crippen molar-refractivity contribution in [2.75, 3.05) is 0 Å². The van der Waals surface area contributed by atoms with Gasteiger partial charge in [0.1, 0.15) is 16.7 Å². The maximum atomic E-state index is 12.4. The van der Waals surface area contributed by atoms with Gasteiger partial charge in [0.25, 0.3) is 5.91 Å². The topological polar surface area (TPSA) is 85.1 Å². The van der Waals surface area contributed by atoms with Crippen molar-refractivity contribution in [2.24, 2.45) is 5.73 Å². The molecule has 1 heterocycles. The summed E-state index contributed by atoms with van der Waals surface area (Å²) in [6, 6.07) is 15.1. The largest absolute Gasteiger partial charge is 0.368 e. The molecular weight excluding hydrogens is 358 g/mol. The Balaban J connectivity index is 1.79. The van der Waals surface area contributed by atoms with Gasteiger partial charge in [0.05, 0.1) is 0 Å². The van der Waals surface area contributed by atoms with Gasteiger partial charge in [-0.15, -0.1) is 11.3 Å². The monoisotopic (exact) mass is 371 g/mol. The van der Waals surface area contributed by atoms with Crippen LogP contribution in [0.4, 0.5) is 0 Å². The number of benzene rings is 2. The Morgan fingerprint density at radius 1 is 1.08 bits per heavy atom. The lowest BCUT2D eigenvalue weighted by Gasteiger charge is -2.14. The van der Waals surface area contributed by atoms with E-state index in [9.17, 15) is 9.59 Å². The van der Waals surface area contributed by atoms with Crippen molar-refractivity contribution in [1.29, 1.82) is 0 Å². The van der Waals surface area contributed by atoms with Crippen LogP contribution < -0.4 is 11.1 Å². The zero-order valence-electron chi connectivity index (χ0n) is 13.0. The summed E-state index contributed by atoms with van der Waals surface area (Å²) < 4.78 is 0. The summed E-state index contributed by atoms with van der Waals surface area (Å²) in [4.78, 5) is 28.5. The highest BCUT2D eigenvalue weighted by atomic mass is 35.5. The minimum absolute atomic E-state index is 0.233. The van der Waals surface area contributed by atoms with Gasteiger partial charge in [-0.05, 0) is 17.7 Å². The van der Waals surface area contributed by atoms with E-state index in [1.807, 2.05) is 18.2 Å². The van der Waals surface area contributed by atoms with Crippen molar-refractivity contribution < 1.29 is 9.59 Å². The fraction of sp³-hybridized carbons (Fsp3) is 0.0556. The van der Waals surface area contributed by atoms with E-state index in [0.29, 0.717) is 15.6 Å². The minimum Gasteiger partial charge on any atom is -0.368 e. The molecule has 3 aromatic rings. The predicted octanol–water partition coefficient (Wildman–Crippen LogP) is 3.42. The average Bonchev–Trinajstić information content (AvgIpc) is 3.11. The molecule has 1 aromatic heterocycles. The first-order chi connectivity index (χ1) is 12.0. The number of amides is 2. The Bertz CT molecular complexity index is 894. The summed E-state index contributed by atoms with van der Waals surface area (Å²) in [5.41, 5.74) is 7.14. The fourth-order valence-electron chi connectivity index (χ4n) is 2.27. The highest BCUT2D eigenvalue weighted by molar-refractivity contribution is 7.13. The predicted molar refractivity (Wildman–Crippen MR) is 98.4 cm³/mol. The van der Waals surface area contributed by atoms with Gasteiger partial charge in [-0.25, -0.2) is 4.98 Å². The number of rotatable bonds is 5. The number of thiazole rings is 1. The number of aromatic nitrogens is 1. The maximum Gasteiger partial charge on any atom is 0.271 e. The van der Waals surface area contributed by atoms with Crippen LogP contribution in [0.3, 0.4) is 0 Å². The van der Waals surface area contributed by atoms with E-state index in [4.69, 9.17) is 17.3 Å². The third-order valence-electron chi connectivity index (χ3n) is 3.52. The first-order valence-corrected chi connectivity index (χ1v) is 8.67. The van der Waals surface area contributed by atoms with Crippen LogP contribution in [0.5, 0.6) is 0 Å². The minimum atomic E-state index is -0.908. The smallest absolute Gasteiger partial charge is 0.271 e. The molecule has 126 valence electrons. The normalized spacial score (nSPS) is 11.7. The molecule has 2 aromatic carbocycles. The summed E-state index contributed by atoms with van der Waals surface area (Å²) in [5, 5.41) is 5.60. The molecule has 3 N–H and O–H groups in total. The molecule has 7 heteroatoms. The molecule has 2 amide bonds. The van der Waals surface area contributed by atoms with Crippen LogP contribution in [-0.4, -0.2) is 16.8 Å². The number of carbonyl (C=O) groups excluding carboxylic acids is 2. The Morgan fingerprint density at radius 3 is 2.40 bits per heavy atom. The van der Waals surface area contributed by atoms with E-state index < -0.39 is 17.9 Å². The number of nitrogens with one attached hydrogen (secondary N) is 1. The third kappa shape index (κ3) is 4.04. The van der Waals surface area contributed by atoms with Gasteiger partial charge in [0.2, 0.25) is 5.91 Å². The van der Waals surface area contributed by atoms with Crippen LogP contribution in [0.15, 0.2) is 60.0 Å². The lowest BCUT2D eigenvalue weighted by Crippen LogP contribution is -2.37. The van der Waals surface area contributed by atoms with Crippen molar-refractivity contribution in [2.45, 2.75) is 6.04 Å². The van der Waals surface area contributed by atoms with E-state index in [1.165, 1.54) is 11.3 Å². The van der Waals surface area contributed by atoms with Gasteiger partial charge < -0.3 is 11.1 Å². The molecule has 3 rings (SSSR count). The van der Waals surface area contributed by atoms with Crippen LogP contribution in [0.2, 0.25) is 5.02 Å². The molecule has 25 heavy (non-hydrogen) atoms. The summed E-state index contributed by atoms with van der Waals surface area (Å²) in [6.45, 7) is 0. The van der Waals surface area contributed by atoms with E-state index in [1.54, 1.807) is 41.8 Å². The van der Waals surface area contributed by atoms with Crippen molar-refractivity contribution in [3.63, 3.8) is 0 Å². The van der Waals surface area contributed by atoms with Crippen LogP contribution in [-0.2, 0) is 4.79 Å². The molecule has 0 saturated carbocycles. The molecule has 0 radical (unpaired) electrons. The lowest BCUT2D eigenvalue weighted by atomic mass is 10.1. The molecule has 0 aliphatic rings. The van der Waals surface area contributed by atoms with Gasteiger partial charge in [0, 0.05) is 16.0 Å². The molecule has 0 aliphatic heterocycles. The first-order valence-electron chi connectivity index (χ1n) is 7.41. The van der Waals surface area contributed by atoms with Crippen molar-refractivity contribution in [3.05, 3.63) is 76.3 Å². The van der Waals surface area contributed by atoms with Crippen LogP contribution in [0, 0.1) is 0 Å².